The highest BCUT2D eigenvalue weighted by Gasteiger charge is 2.38. The number of imidazole rings is 1. The molecule has 0 aliphatic carbocycles. The fraction of sp³-hybridized carbons (Fsp3) is 0.333. The summed E-state index contributed by atoms with van der Waals surface area (Å²) in [6.45, 7) is 4.95. The highest BCUT2D eigenvalue weighted by atomic mass is 16.4. The maximum Gasteiger partial charge on any atom is 0.308 e. The molecule has 2 atom stereocenters. The van der Waals surface area contributed by atoms with Crippen molar-refractivity contribution in [3.8, 4) is 0 Å². The highest BCUT2D eigenvalue weighted by molar-refractivity contribution is 5.76. The minimum atomic E-state index is -0.717. The molecule has 1 aliphatic rings. The SMILES string of the molecule is CCn1c(CN2C[C@H](C(=O)O)[C@@H](c3ccccc3)C2)nc2ccccc21. The summed E-state index contributed by atoms with van der Waals surface area (Å²) in [6, 6.07) is 18.1. The molecule has 0 bridgehead atoms. The number of hydrogen-bond acceptors (Lipinski definition) is 3. The summed E-state index contributed by atoms with van der Waals surface area (Å²) in [7, 11) is 0. The van der Waals surface area contributed by atoms with Crippen LogP contribution in [-0.4, -0.2) is 38.6 Å². The monoisotopic (exact) mass is 349 g/mol. The van der Waals surface area contributed by atoms with Crippen molar-refractivity contribution in [3.05, 3.63) is 66.0 Å². The Labute approximate surface area is 152 Å². The molecular formula is C21H23N3O2. The van der Waals surface area contributed by atoms with Crippen LogP contribution in [0.2, 0.25) is 0 Å². The Bertz CT molecular complexity index is 919. The fourth-order valence-electron chi connectivity index (χ4n) is 4.10. The van der Waals surface area contributed by atoms with E-state index in [4.69, 9.17) is 4.98 Å². The van der Waals surface area contributed by atoms with E-state index in [1.54, 1.807) is 0 Å². The zero-order valence-electron chi connectivity index (χ0n) is 14.9. The van der Waals surface area contributed by atoms with Gasteiger partial charge in [0.05, 0.1) is 23.5 Å². The maximum absolute atomic E-state index is 11.8. The third kappa shape index (κ3) is 2.99. The zero-order chi connectivity index (χ0) is 18.1. The average molecular weight is 349 g/mol. The number of hydrogen-bond donors (Lipinski definition) is 1. The summed E-state index contributed by atoms with van der Waals surface area (Å²) in [4.78, 5) is 18.8. The Kier molecular flexibility index (Phi) is 4.47. The molecule has 3 aromatic rings. The molecule has 5 nitrogen and oxygen atoms in total. The Hall–Kier alpha value is -2.66. The van der Waals surface area contributed by atoms with Crippen LogP contribution < -0.4 is 0 Å². The zero-order valence-corrected chi connectivity index (χ0v) is 14.9. The molecule has 1 saturated heterocycles. The van der Waals surface area contributed by atoms with Crippen LogP contribution in [-0.2, 0) is 17.9 Å². The second kappa shape index (κ2) is 6.92. The minimum absolute atomic E-state index is 0.0214. The van der Waals surface area contributed by atoms with Crippen molar-refractivity contribution in [2.24, 2.45) is 5.92 Å². The number of carbonyl (C=O) groups is 1. The van der Waals surface area contributed by atoms with Gasteiger partial charge in [-0.05, 0) is 24.6 Å². The van der Waals surface area contributed by atoms with Gasteiger partial charge in [-0.3, -0.25) is 9.69 Å². The summed E-state index contributed by atoms with van der Waals surface area (Å²) in [5.41, 5.74) is 3.24. The first-order valence-corrected chi connectivity index (χ1v) is 9.11. The molecule has 0 saturated carbocycles. The van der Waals surface area contributed by atoms with E-state index in [1.807, 2.05) is 48.5 Å². The first kappa shape index (κ1) is 16.8. The van der Waals surface area contributed by atoms with Crippen molar-refractivity contribution < 1.29 is 9.90 Å². The summed E-state index contributed by atoms with van der Waals surface area (Å²) >= 11 is 0. The first-order valence-electron chi connectivity index (χ1n) is 9.11. The van der Waals surface area contributed by atoms with E-state index in [-0.39, 0.29) is 11.8 Å². The van der Waals surface area contributed by atoms with Gasteiger partial charge in [0.25, 0.3) is 0 Å². The quantitative estimate of drug-likeness (QED) is 0.767. The molecule has 1 aliphatic heterocycles. The molecule has 1 aromatic heterocycles. The van der Waals surface area contributed by atoms with Crippen molar-refractivity contribution in [3.63, 3.8) is 0 Å². The Morgan fingerprint density at radius 1 is 1.12 bits per heavy atom. The van der Waals surface area contributed by atoms with E-state index in [1.165, 1.54) is 0 Å². The summed E-state index contributed by atoms with van der Waals surface area (Å²) in [6.07, 6.45) is 0. The van der Waals surface area contributed by atoms with Crippen molar-refractivity contribution in [2.75, 3.05) is 13.1 Å². The third-order valence-electron chi connectivity index (χ3n) is 5.36. The van der Waals surface area contributed by atoms with Gasteiger partial charge in [0.15, 0.2) is 0 Å². The van der Waals surface area contributed by atoms with Crippen molar-refractivity contribution in [2.45, 2.75) is 25.9 Å². The van der Waals surface area contributed by atoms with Crippen LogP contribution in [0.1, 0.15) is 24.2 Å². The van der Waals surface area contributed by atoms with Gasteiger partial charge in [0, 0.05) is 25.6 Å². The molecule has 5 heteroatoms. The number of nitrogens with zero attached hydrogens (tertiary/aromatic N) is 3. The van der Waals surface area contributed by atoms with Crippen LogP contribution in [0, 0.1) is 5.92 Å². The number of rotatable bonds is 5. The lowest BCUT2D eigenvalue weighted by Crippen LogP contribution is -2.24. The Morgan fingerprint density at radius 3 is 2.58 bits per heavy atom. The normalized spacial score (nSPS) is 20.7. The summed E-state index contributed by atoms with van der Waals surface area (Å²) in [5.74, 6) is -0.0677. The summed E-state index contributed by atoms with van der Waals surface area (Å²) in [5, 5.41) is 9.70. The molecule has 0 radical (unpaired) electrons. The number of aryl methyl sites for hydroxylation is 1. The number of benzene rings is 2. The molecule has 0 spiro atoms. The molecular weight excluding hydrogens is 326 g/mol. The lowest BCUT2D eigenvalue weighted by Gasteiger charge is -2.16. The second-order valence-electron chi connectivity index (χ2n) is 6.92. The number of aliphatic carboxylic acids is 1. The smallest absolute Gasteiger partial charge is 0.308 e. The van der Waals surface area contributed by atoms with Gasteiger partial charge in [-0.15, -0.1) is 0 Å². The van der Waals surface area contributed by atoms with Crippen LogP contribution in [0.25, 0.3) is 11.0 Å². The molecule has 26 heavy (non-hydrogen) atoms. The van der Waals surface area contributed by atoms with Gasteiger partial charge in [0.1, 0.15) is 5.82 Å². The molecule has 0 amide bonds. The predicted octanol–water partition coefficient (Wildman–Crippen LogP) is 3.36. The maximum atomic E-state index is 11.8. The van der Waals surface area contributed by atoms with Gasteiger partial charge in [-0.1, -0.05) is 42.5 Å². The van der Waals surface area contributed by atoms with Crippen molar-refractivity contribution in [1.29, 1.82) is 0 Å². The second-order valence-corrected chi connectivity index (χ2v) is 6.92. The van der Waals surface area contributed by atoms with Gasteiger partial charge in [0.2, 0.25) is 0 Å². The Morgan fingerprint density at radius 2 is 1.85 bits per heavy atom. The van der Waals surface area contributed by atoms with E-state index in [2.05, 4.69) is 22.5 Å². The topological polar surface area (TPSA) is 58.4 Å². The van der Waals surface area contributed by atoms with Gasteiger partial charge >= 0.3 is 5.97 Å². The van der Waals surface area contributed by atoms with E-state index < -0.39 is 5.97 Å². The first-order chi connectivity index (χ1) is 12.7. The highest BCUT2D eigenvalue weighted by Crippen LogP contribution is 2.33. The largest absolute Gasteiger partial charge is 0.481 e. The number of likely N-dealkylation sites (tertiary alicyclic amines) is 1. The standard InChI is InChI=1S/C21H23N3O2/c1-2-24-19-11-7-6-10-18(19)22-20(24)14-23-12-16(17(13-23)21(25)26)15-8-4-3-5-9-15/h3-11,16-17H,2,12-14H2,1H3,(H,25,26)/t16-,17+/m1/s1. The minimum Gasteiger partial charge on any atom is -0.481 e. The van der Waals surface area contributed by atoms with Crippen LogP contribution in [0.4, 0.5) is 0 Å². The van der Waals surface area contributed by atoms with E-state index in [0.717, 1.165) is 35.5 Å². The van der Waals surface area contributed by atoms with Crippen LogP contribution in [0.5, 0.6) is 0 Å². The van der Waals surface area contributed by atoms with Gasteiger partial charge < -0.3 is 9.67 Å². The molecule has 4 rings (SSSR count). The van der Waals surface area contributed by atoms with E-state index >= 15 is 0 Å². The molecule has 1 N–H and O–H groups in total. The number of fused-ring (bicyclic) bond motifs is 1. The predicted molar refractivity (Wildman–Crippen MR) is 101 cm³/mol. The van der Waals surface area contributed by atoms with Crippen molar-refractivity contribution in [1.82, 2.24) is 14.5 Å². The lowest BCUT2D eigenvalue weighted by molar-refractivity contribution is -0.141. The van der Waals surface area contributed by atoms with Crippen LogP contribution in [0.15, 0.2) is 54.6 Å². The lowest BCUT2D eigenvalue weighted by atomic mass is 9.89. The van der Waals surface area contributed by atoms with Crippen molar-refractivity contribution >= 4 is 17.0 Å². The molecule has 134 valence electrons. The van der Waals surface area contributed by atoms with Crippen LogP contribution >= 0.6 is 0 Å². The van der Waals surface area contributed by atoms with Crippen LogP contribution in [0.3, 0.4) is 0 Å². The summed E-state index contributed by atoms with van der Waals surface area (Å²) < 4.78 is 2.22. The number of carboxylic acid groups (broad SMARTS) is 1. The van der Waals surface area contributed by atoms with Gasteiger partial charge in [-0.2, -0.15) is 0 Å². The molecule has 0 unspecified atom stereocenters. The fourth-order valence-corrected chi connectivity index (χ4v) is 4.10. The molecule has 1 fully saturated rings. The number of carboxylic acids is 1. The molecule has 2 aromatic carbocycles. The Balaban J connectivity index is 1.61. The number of aromatic nitrogens is 2. The average Bonchev–Trinajstić information content (AvgIpc) is 3.23. The molecule has 2 heterocycles. The third-order valence-corrected chi connectivity index (χ3v) is 5.36. The van der Waals surface area contributed by atoms with E-state index in [9.17, 15) is 9.90 Å². The van der Waals surface area contributed by atoms with Gasteiger partial charge in [-0.25, -0.2) is 4.98 Å². The number of para-hydroxylation sites is 2. The van der Waals surface area contributed by atoms with E-state index in [0.29, 0.717) is 13.1 Å².